The Hall–Kier alpha value is -2.67. The zero-order valence-electron chi connectivity index (χ0n) is 21.3. The van der Waals surface area contributed by atoms with Gasteiger partial charge in [-0.1, -0.05) is 80.1 Å². The van der Waals surface area contributed by atoms with Crippen LogP contribution in [0, 0.1) is 12.8 Å². The second-order valence-electron chi connectivity index (χ2n) is 10.5. The Kier molecular flexibility index (Phi) is 8.18. The molecule has 0 aromatic heterocycles. The van der Waals surface area contributed by atoms with E-state index in [0.717, 1.165) is 27.8 Å². The van der Waals surface area contributed by atoms with Gasteiger partial charge in [-0.05, 0) is 53.1 Å². The predicted molar refractivity (Wildman–Crippen MR) is 145 cm³/mol. The summed E-state index contributed by atoms with van der Waals surface area (Å²) in [6.45, 7) is 6.83. The normalized spacial score (nSPS) is 21.5. The first kappa shape index (κ1) is 26.4. The molecular weight excluding hydrogens is 470 g/mol. The van der Waals surface area contributed by atoms with Gasteiger partial charge in [0.2, 0.25) is 0 Å². The molecule has 1 fully saturated rings. The maximum atomic E-state index is 12.8. The van der Waals surface area contributed by atoms with Gasteiger partial charge in [0.1, 0.15) is 5.75 Å². The van der Waals surface area contributed by atoms with E-state index in [1.807, 2.05) is 49.4 Å². The summed E-state index contributed by atoms with van der Waals surface area (Å²) in [5.74, 6) is 0.113. The van der Waals surface area contributed by atoms with Crippen molar-refractivity contribution in [1.82, 2.24) is 5.32 Å². The molecule has 0 aliphatic carbocycles. The predicted octanol–water partition coefficient (Wildman–Crippen LogP) is 4.52. The van der Waals surface area contributed by atoms with E-state index < -0.39 is 27.9 Å². The Labute approximate surface area is 215 Å². The van der Waals surface area contributed by atoms with Crippen LogP contribution in [0.3, 0.4) is 0 Å². The Morgan fingerprint density at radius 1 is 0.944 bits per heavy atom. The summed E-state index contributed by atoms with van der Waals surface area (Å²) in [5.41, 5.74) is 6.29. The van der Waals surface area contributed by atoms with Gasteiger partial charge in [0.05, 0.1) is 17.6 Å². The van der Waals surface area contributed by atoms with Crippen LogP contribution in [-0.4, -0.2) is 42.3 Å². The number of rotatable bonds is 8. The molecule has 0 radical (unpaired) electrons. The molecule has 192 valence electrons. The summed E-state index contributed by atoms with van der Waals surface area (Å²) >= 11 is 0. The van der Waals surface area contributed by atoms with Crippen molar-refractivity contribution in [2.75, 3.05) is 11.5 Å². The van der Waals surface area contributed by atoms with E-state index in [4.69, 9.17) is 0 Å². The standard InChI is InChI=1S/C30H37NO4S/c1-20(2)25-9-5-8-24(16-25)17-31-28-19-36(34,35)18-27(30(28)33)15-23-10-11-29(32)26(14-23)13-22-7-4-6-21(3)12-22/h4-12,14,16,20,27-28,30-33H,13,15,17-19H2,1-3H3/t27-,28+,30+/m1/s1. The Morgan fingerprint density at radius 2 is 1.69 bits per heavy atom. The minimum atomic E-state index is -3.30. The highest BCUT2D eigenvalue weighted by Gasteiger charge is 2.39. The van der Waals surface area contributed by atoms with Gasteiger partial charge in [-0.15, -0.1) is 0 Å². The fraction of sp³-hybridized carbons (Fsp3) is 0.400. The number of aliphatic hydroxyl groups is 1. The SMILES string of the molecule is Cc1cccc(Cc2cc(C[C@@H]3CS(=O)(=O)C[C@H](NCc4cccc(C(C)C)c4)[C@H]3O)ccc2O)c1. The van der Waals surface area contributed by atoms with Crippen LogP contribution < -0.4 is 5.32 Å². The summed E-state index contributed by atoms with van der Waals surface area (Å²) in [4.78, 5) is 0. The molecule has 0 unspecified atom stereocenters. The van der Waals surface area contributed by atoms with Crippen molar-refractivity contribution in [3.63, 3.8) is 0 Å². The van der Waals surface area contributed by atoms with E-state index in [2.05, 4.69) is 37.4 Å². The topological polar surface area (TPSA) is 86.6 Å². The molecule has 1 aliphatic heterocycles. The average molecular weight is 508 g/mol. The van der Waals surface area contributed by atoms with Gasteiger partial charge >= 0.3 is 0 Å². The maximum Gasteiger partial charge on any atom is 0.152 e. The molecule has 1 aliphatic rings. The summed E-state index contributed by atoms with van der Waals surface area (Å²) in [7, 11) is -3.30. The first-order valence-electron chi connectivity index (χ1n) is 12.7. The van der Waals surface area contributed by atoms with E-state index >= 15 is 0 Å². The second-order valence-corrected chi connectivity index (χ2v) is 12.7. The molecule has 0 spiro atoms. The molecule has 5 nitrogen and oxygen atoms in total. The van der Waals surface area contributed by atoms with Crippen molar-refractivity contribution in [2.24, 2.45) is 5.92 Å². The van der Waals surface area contributed by atoms with E-state index in [1.165, 1.54) is 5.56 Å². The van der Waals surface area contributed by atoms with Crippen molar-refractivity contribution < 1.29 is 18.6 Å². The van der Waals surface area contributed by atoms with Gasteiger partial charge in [-0.2, -0.15) is 0 Å². The van der Waals surface area contributed by atoms with Crippen LogP contribution in [0.4, 0.5) is 0 Å². The lowest BCUT2D eigenvalue weighted by molar-refractivity contribution is 0.0781. The number of phenols is 1. The largest absolute Gasteiger partial charge is 0.508 e. The van der Waals surface area contributed by atoms with Gasteiger partial charge in [0.15, 0.2) is 9.84 Å². The van der Waals surface area contributed by atoms with Crippen LogP contribution >= 0.6 is 0 Å². The first-order chi connectivity index (χ1) is 17.1. The number of sulfone groups is 1. The van der Waals surface area contributed by atoms with Crippen LogP contribution in [0.15, 0.2) is 66.7 Å². The lowest BCUT2D eigenvalue weighted by Crippen LogP contribution is -2.54. The molecule has 1 heterocycles. The lowest BCUT2D eigenvalue weighted by Gasteiger charge is -2.35. The fourth-order valence-corrected chi connectivity index (χ4v) is 7.08. The van der Waals surface area contributed by atoms with Crippen molar-refractivity contribution in [2.45, 2.75) is 58.2 Å². The number of hydrogen-bond donors (Lipinski definition) is 3. The molecule has 36 heavy (non-hydrogen) atoms. The zero-order valence-corrected chi connectivity index (χ0v) is 22.1. The van der Waals surface area contributed by atoms with Gasteiger partial charge in [-0.25, -0.2) is 8.42 Å². The maximum absolute atomic E-state index is 12.8. The second kappa shape index (κ2) is 11.2. The first-order valence-corrected chi connectivity index (χ1v) is 14.5. The smallest absolute Gasteiger partial charge is 0.152 e. The highest BCUT2D eigenvalue weighted by Crippen LogP contribution is 2.28. The van der Waals surface area contributed by atoms with Crippen molar-refractivity contribution in [3.05, 3.63) is 100 Å². The minimum absolute atomic E-state index is 0.0384. The van der Waals surface area contributed by atoms with Gasteiger partial charge < -0.3 is 15.5 Å². The van der Waals surface area contributed by atoms with Crippen LogP contribution in [-0.2, 0) is 29.2 Å². The average Bonchev–Trinajstić information content (AvgIpc) is 2.82. The number of nitrogens with one attached hydrogen (secondary N) is 1. The molecule has 6 heteroatoms. The Balaban J connectivity index is 1.47. The highest BCUT2D eigenvalue weighted by atomic mass is 32.2. The van der Waals surface area contributed by atoms with Gasteiger partial charge in [0.25, 0.3) is 0 Å². The summed E-state index contributed by atoms with van der Waals surface area (Å²) in [6.07, 6.45) is 0.241. The summed E-state index contributed by atoms with van der Waals surface area (Å²) in [6, 6.07) is 21.3. The van der Waals surface area contributed by atoms with E-state index in [1.54, 1.807) is 6.07 Å². The van der Waals surface area contributed by atoms with Gasteiger partial charge in [-0.3, -0.25) is 0 Å². The molecule has 1 saturated heterocycles. The van der Waals surface area contributed by atoms with Crippen molar-refractivity contribution >= 4 is 9.84 Å². The van der Waals surface area contributed by atoms with E-state index in [9.17, 15) is 18.6 Å². The molecule has 3 aromatic carbocycles. The molecule has 3 atom stereocenters. The Bertz CT molecular complexity index is 1300. The van der Waals surface area contributed by atoms with Gasteiger partial charge in [0, 0.05) is 24.9 Å². The zero-order chi connectivity index (χ0) is 25.9. The number of aliphatic hydroxyl groups excluding tert-OH is 1. The number of benzene rings is 3. The molecule has 0 bridgehead atoms. The number of aryl methyl sites for hydroxylation is 1. The summed E-state index contributed by atoms with van der Waals surface area (Å²) < 4.78 is 25.5. The molecule has 3 aromatic rings. The molecule has 4 rings (SSSR count). The summed E-state index contributed by atoms with van der Waals surface area (Å²) in [5, 5.41) is 24.9. The van der Waals surface area contributed by atoms with Crippen molar-refractivity contribution in [3.8, 4) is 5.75 Å². The van der Waals surface area contributed by atoms with Crippen LogP contribution in [0.1, 0.15) is 53.1 Å². The van der Waals surface area contributed by atoms with Crippen molar-refractivity contribution in [1.29, 1.82) is 0 Å². The van der Waals surface area contributed by atoms with E-state index in [0.29, 0.717) is 25.3 Å². The van der Waals surface area contributed by atoms with Crippen LogP contribution in [0.5, 0.6) is 5.75 Å². The molecule has 3 N–H and O–H groups in total. The number of aromatic hydroxyl groups is 1. The number of hydrogen-bond acceptors (Lipinski definition) is 5. The monoisotopic (exact) mass is 507 g/mol. The van der Waals surface area contributed by atoms with Crippen LogP contribution in [0.25, 0.3) is 0 Å². The number of phenolic OH excluding ortho intramolecular Hbond substituents is 1. The van der Waals surface area contributed by atoms with E-state index in [-0.39, 0.29) is 17.3 Å². The third-order valence-electron chi connectivity index (χ3n) is 7.10. The molecule has 0 saturated carbocycles. The minimum Gasteiger partial charge on any atom is -0.508 e. The fourth-order valence-electron chi connectivity index (χ4n) is 5.12. The third kappa shape index (κ3) is 6.75. The molecule has 0 amide bonds. The Morgan fingerprint density at radius 3 is 2.44 bits per heavy atom. The highest BCUT2D eigenvalue weighted by molar-refractivity contribution is 7.91. The third-order valence-corrected chi connectivity index (χ3v) is 8.90. The van der Waals surface area contributed by atoms with Crippen LogP contribution in [0.2, 0.25) is 0 Å². The quantitative estimate of drug-likeness (QED) is 0.417. The lowest BCUT2D eigenvalue weighted by atomic mass is 9.90. The molecular formula is C30H37NO4S.